The van der Waals surface area contributed by atoms with Gasteiger partial charge in [-0.15, -0.1) is 0 Å². The molecule has 2 aliphatic rings. The third-order valence-electron chi connectivity index (χ3n) is 6.30. The zero-order valence-electron chi connectivity index (χ0n) is 15.3. The largest absolute Gasteiger partial charge is 0.336 e. The summed E-state index contributed by atoms with van der Waals surface area (Å²) in [7, 11) is 4.38. The van der Waals surface area contributed by atoms with E-state index in [-0.39, 0.29) is 17.1 Å². The standard InChI is InChI=1S/C20H31N3O/c1-4-5-15-23-18(24)21-16-19(23)11-13-20(14-12-19,22(2)3)17-9-7-6-8-10-17/h6-10H,4-5,11-16H2,1-3H3,(H,21,24). The second-order valence-corrected chi connectivity index (χ2v) is 7.68. The van der Waals surface area contributed by atoms with Crippen molar-refractivity contribution < 1.29 is 4.79 Å². The summed E-state index contributed by atoms with van der Waals surface area (Å²) in [6, 6.07) is 11.0. The Balaban J connectivity index is 1.81. The molecule has 1 aliphatic heterocycles. The van der Waals surface area contributed by atoms with E-state index in [1.165, 1.54) is 5.56 Å². The van der Waals surface area contributed by atoms with Crippen molar-refractivity contribution in [3.05, 3.63) is 35.9 Å². The zero-order valence-corrected chi connectivity index (χ0v) is 15.3. The number of urea groups is 1. The first kappa shape index (κ1) is 17.3. The fourth-order valence-electron chi connectivity index (χ4n) is 4.62. The minimum absolute atomic E-state index is 0.0283. The van der Waals surface area contributed by atoms with Gasteiger partial charge >= 0.3 is 6.03 Å². The Kier molecular flexibility index (Phi) is 4.86. The van der Waals surface area contributed by atoms with Crippen molar-refractivity contribution in [1.82, 2.24) is 15.1 Å². The molecule has 1 heterocycles. The van der Waals surface area contributed by atoms with Crippen LogP contribution in [0.25, 0.3) is 0 Å². The molecular weight excluding hydrogens is 298 g/mol. The third kappa shape index (κ3) is 2.81. The minimum Gasteiger partial charge on any atom is -0.336 e. The summed E-state index contributed by atoms with van der Waals surface area (Å²) in [6.45, 7) is 3.89. The van der Waals surface area contributed by atoms with Gasteiger partial charge in [0, 0.05) is 18.6 Å². The average Bonchev–Trinajstić information content (AvgIpc) is 2.90. The highest BCUT2D eigenvalue weighted by Crippen LogP contribution is 2.47. The van der Waals surface area contributed by atoms with Crippen LogP contribution in [0.3, 0.4) is 0 Å². The van der Waals surface area contributed by atoms with E-state index in [9.17, 15) is 4.79 Å². The molecule has 3 rings (SSSR count). The first-order valence-electron chi connectivity index (χ1n) is 9.32. The lowest BCUT2D eigenvalue weighted by molar-refractivity contribution is 0.0257. The molecule has 24 heavy (non-hydrogen) atoms. The number of nitrogens with one attached hydrogen (secondary N) is 1. The van der Waals surface area contributed by atoms with Gasteiger partial charge in [-0.2, -0.15) is 0 Å². The quantitative estimate of drug-likeness (QED) is 0.896. The molecular formula is C20H31N3O. The van der Waals surface area contributed by atoms with Crippen LogP contribution >= 0.6 is 0 Å². The maximum Gasteiger partial charge on any atom is 0.318 e. The maximum absolute atomic E-state index is 12.3. The highest BCUT2D eigenvalue weighted by atomic mass is 16.2. The van der Waals surface area contributed by atoms with Crippen LogP contribution in [0.1, 0.15) is 51.0 Å². The molecule has 2 amide bonds. The van der Waals surface area contributed by atoms with E-state index in [0.717, 1.165) is 51.6 Å². The smallest absolute Gasteiger partial charge is 0.318 e. The summed E-state index contributed by atoms with van der Waals surface area (Å²) in [5.41, 5.74) is 1.53. The van der Waals surface area contributed by atoms with Crippen LogP contribution in [-0.2, 0) is 5.54 Å². The van der Waals surface area contributed by atoms with E-state index in [2.05, 4.69) is 66.5 Å². The Labute approximate surface area is 146 Å². The molecule has 1 N–H and O–H groups in total. The topological polar surface area (TPSA) is 35.6 Å². The molecule has 0 atom stereocenters. The van der Waals surface area contributed by atoms with Crippen molar-refractivity contribution in [2.75, 3.05) is 27.2 Å². The van der Waals surface area contributed by atoms with Crippen LogP contribution in [0.15, 0.2) is 30.3 Å². The lowest BCUT2D eigenvalue weighted by Crippen LogP contribution is -2.55. The second-order valence-electron chi connectivity index (χ2n) is 7.68. The van der Waals surface area contributed by atoms with Crippen LogP contribution in [0, 0.1) is 0 Å². The monoisotopic (exact) mass is 329 g/mol. The van der Waals surface area contributed by atoms with E-state index >= 15 is 0 Å². The number of unbranched alkanes of at least 4 members (excludes halogenated alkanes) is 1. The highest BCUT2D eigenvalue weighted by Gasteiger charge is 2.51. The minimum atomic E-state index is 0.0283. The number of carbonyl (C=O) groups excluding carboxylic acids is 1. The Morgan fingerprint density at radius 1 is 1.12 bits per heavy atom. The summed E-state index contributed by atoms with van der Waals surface area (Å²) >= 11 is 0. The van der Waals surface area contributed by atoms with Crippen molar-refractivity contribution in [1.29, 1.82) is 0 Å². The molecule has 1 saturated heterocycles. The zero-order chi connectivity index (χ0) is 17.2. The van der Waals surface area contributed by atoms with Gasteiger partial charge in [-0.1, -0.05) is 43.7 Å². The van der Waals surface area contributed by atoms with Gasteiger partial charge in [-0.05, 0) is 51.8 Å². The van der Waals surface area contributed by atoms with Gasteiger partial charge < -0.3 is 10.2 Å². The van der Waals surface area contributed by atoms with Gasteiger partial charge in [0.1, 0.15) is 0 Å². The fraction of sp³-hybridized carbons (Fsp3) is 0.650. The normalized spacial score (nSPS) is 30.2. The second kappa shape index (κ2) is 6.75. The van der Waals surface area contributed by atoms with Gasteiger partial charge in [0.15, 0.2) is 0 Å². The molecule has 0 aromatic heterocycles. The van der Waals surface area contributed by atoms with Crippen molar-refractivity contribution in [2.45, 2.75) is 56.5 Å². The summed E-state index contributed by atoms with van der Waals surface area (Å²) in [6.07, 6.45) is 6.56. The molecule has 0 bridgehead atoms. The molecule has 1 saturated carbocycles. The van der Waals surface area contributed by atoms with Crippen molar-refractivity contribution in [2.24, 2.45) is 0 Å². The molecule has 4 nitrogen and oxygen atoms in total. The van der Waals surface area contributed by atoms with E-state index in [4.69, 9.17) is 0 Å². The fourth-order valence-corrected chi connectivity index (χ4v) is 4.62. The number of nitrogens with zero attached hydrogens (tertiary/aromatic N) is 2. The molecule has 1 aromatic carbocycles. The van der Waals surface area contributed by atoms with Gasteiger partial charge in [0.05, 0.1) is 5.54 Å². The third-order valence-corrected chi connectivity index (χ3v) is 6.30. The molecule has 1 aromatic rings. The Hall–Kier alpha value is -1.55. The van der Waals surface area contributed by atoms with Crippen LogP contribution in [0.5, 0.6) is 0 Å². The van der Waals surface area contributed by atoms with Gasteiger partial charge in [0.25, 0.3) is 0 Å². The SMILES string of the molecule is CCCCN1C(=O)NCC12CCC(c1ccccc1)(N(C)C)CC2. The van der Waals surface area contributed by atoms with Crippen molar-refractivity contribution >= 4 is 6.03 Å². The van der Waals surface area contributed by atoms with Crippen LogP contribution in [0.2, 0.25) is 0 Å². The summed E-state index contributed by atoms with van der Waals surface area (Å²) < 4.78 is 0. The summed E-state index contributed by atoms with van der Waals surface area (Å²) in [5, 5.41) is 3.11. The highest BCUT2D eigenvalue weighted by molar-refractivity contribution is 5.78. The molecule has 2 fully saturated rings. The number of rotatable bonds is 5. The van der Waals surface area contributed by atoms with Gasteiger partial charge in [-0.25, -0.2) is 4.79 Å². The van der Waals surface area contributed by atoms with E-state index in [1.807, 2.05) is 0 Å². The molecule has 1 spiro atoms. The maximum atomic E-state index is 12.3. The number of carbonyl (C=O) groups is 1. The van der Waals surface area contributed by atoms with E-state index < -0.39 is 0 Å². The number of benzene rings is 1. The number of amides is 2. The molecule has 132 valence electrons. The lowest BCUT2D eigenvalue weighted by Gasteiger charge is -2.51. The first-order valence-corrected chi connectivity index (χ1v) is 9.32. The van der Waals surface area contributed by atoms with Crippen LogP contribution in [-0.4, -0.2) is 48.6 Å². The number of hydrogen-bond donors (Lipinski definition) is 1. The van der Waals surface area contributed by atoms with Gasteiger partial charge in [0.2, 0.25) is 0 Å². The predicted molar refractivity (Wildman–Crippen MR) is 98.0 cm³/mol. The first-order chi connectivity index (χ1) is 11.5. The molecule has 0 radical (unpaired) electrons. The van der Waals surface area contributed by atoms with Crippen molar-refractivity contribution in [3.63, 3.8) is 0 Å². The lowest BCUT2D eigenvalue weighted by atomic mass is 9.68. The van der Waals surface area contributed by atoms with E-state index in [0.29, 0.717) is 0 Å². The molecule has 0 unspecified atom stereocenters. The molecule has 1 aliphatic carbocycles. The van der Waals surface area contributed by atoms with E-state index in [1.54, 1.807) is 0 Å². The van der Waals surface area contributed by atoms with Crippen LogP contribution < -0.4 is 5.32 Å². The van der Waals surface area contributed by atoms with Crippen LogP contribution in [0.4, 0.5) is 4.79 Å². The Morgan fingerprint density at radius 3 is 2.38 bits per heavy atom. The summed E-state index contributed by atoms with van der Waals surface area (Å²) in [5.74, 6) is 0. The number of hydrogen-bond acceptors (Lipinski definition) is 2. The van der Waals surface area contributed by atoms with Crippen molar-refractivity contribution in [3.8, 4) is 0 Å². The summed E-state index contributed by atoms with van der Waals surface area (Å²) in [4.78, 5) is 16.8. The predicted octanol–water partition coefficient (Wildman–Crippen LogP) is 3.58. The average molecular weight is 329 g/mol. The van der Waals surface area contributed by atoms with Gasteiger partial charge in [-0.3, -0.25) is 4.90 Å². The Morgan fingerprint density at radius 2 is 1.79 bits per heavy atom. The molecule has 4 heteroatoms. The Bertz CT molecular complexity index is 562.